The molecule has 1 aliphatic carbocycles. The Hall–Kier alpha value is -3.90. The monoisotopic (exact) mass is 492 g/mol. The first-order valence-corrected chi connectivity index (χ1v) is 14.1. The third-order valence-corrected chi connectivity index (χ3v) is 8.53. The SMILES string of the molecule is CC=C(CCCCC)c1ccc2c(c1)C(c1ccccc1)(c1ccccc1)c1cc(C)c3ccccc3c1-2. The largest absolute Gasteiger partial charge is 0.0838 e. The van der Waals surface area contributed by atoms with Gasteiger partial charge in [0.1, 0.15) is 0 Å². The molecule has 6 rings (SSSR count). The molecule has 38 heavy (non-hydrogen) atoms. The van der Waals surface area contributed by atoms with E-state index in [1.54, 1.807) is 0 Å². The van der Waals surface area contributed by atoms with Crippen molar-refractivity contribution in [3.05, 3.63) is 149 Å². The smallest absolute Gasteiger partial charge is 0.0714 e. The predicted octanol–water partition coefficient (Wildman–Crippen LogP) is 10.5. The summed E-state index contributed by atoms with van der Waals surface area (Å²) in [6.45, 7) is 6.74. The molecule has 0 amide bonds. The third kappa shape index (κ3) is 3.74. The molecule has 0 aliphatic heterocycles. The molecule has 0 bridgehead atoms. The highest BCUT2D eigenvalue weighted by Crippen LogP contribution is 2.58. The summed E-state index contributed by atoms with van der Waals surface area (Å²) >= 11 is 0. The van der Waals surface area contributed by atoms with E-state index in [9.17, 15) is 0 Å². The van der Waals surface area contributed by atoms with Gasteiger partial charge in [0.2, 0.25) is 0 Å². The third-order valence-electron chi connectivity index (χ3n) is 8.53. The number of fused-ring (bicyclic) bond motifs is 5. The molecule has 0 spiro atoms. The topological polar surface area (TPSA) is 0 Å². The zero-order valence-electron chi connectivity index (χ0n) is 22.8. The van der Waals surface area contributed by atoms with Crippen molar-refractivity contribution in [3.63, 3.8) is 0 Å². The lowest BCUT2D eigenvalue weighted by molar-refractivity contribution is 0.734. The molecule has 188 valence electrons. The normalized spacial score (nSPS) is 13.9. The Morgan fingerprint density at radius 2 is 1.32 bits per heavy atom. The summed E-state index contributed by atoms with van der Waals surface area (Å²) in [5, 5.41) is 2.69. The van der Waals surface area contributed by atoms with Crippen molar-refractivity contribution in [2.45, 2.75) is 51.9 Å². The van der Waals surface area contributed by atoms with Crippen LogP contribution >= 0.6 is 0 Å². The predicted molar refractivity (Wildman–Crippen MR) is 164 cm³/mol. The molecule has 0 fully saturated rings. The van der Waals surface area contributed by atoms with E-state index in [0.717, 1.165) is 6.42 Å². The summed E-state index contributed by atoms with van der Waals surface area (Å²) < 4.78 is 0. The summed E-state index contributed by atoms with van der Waals surface area (Å²) in [4.78, 5) is 0. The first kappa shape index (κ1) is 24.4. The lowest BCUT2D eigenvalue weighted by Crippen LogP contribution is -2.28. The van der Waals surface area contributed by atoms with E-state index in [1.807, 2.05) is 0 Å². The van der Waals surface area contributed by atoms with Gasteiger partial charge in [-0.05, 0) is 93.6 Å². The van der Waals surface area contributed by atoms with Gasteiger partial charge < -0.3 is 0 Å². The Bertz CT molecular complexity index is 1580. The van der Waals surface area contributed by atoms with E-state index in [-0.39, 0.29) is 5.41 Å². The molecule has 0 atom stereocenters. The van der Waals surface area contributed by atoms with Crippen LogP contribution in [0.2, 0.25) is 0 Å². The van der Waals surface area contributed by atoms with Crippen molar-refractivity contribution >= 4 is 16.3 Å². The maximum absolute atomic E-state index is 2.51. The Kier molecular flexibility index (Phi) is 6.50. The van der Waals surface area contributed by atoms with Crippen LogP contribution in [0.3, 0.4) is 0 Å². The van der Waals surface area contributed by atoms with Crippen LogP contribution in [0.25, 0.3) is 27.5 Å². The minimum absolute atomic E-state index is 0.375. The van der Waals surface area contributed by atoms with Gasteiger partial charge in [-0.3, -0.25) is 0 Å². The number of unbranched alkanes of at least 4 members (excludes halogenated alkanes) is 2. The Morgan fingerprint density at radius 1 is 0.684 bits per heavy atom. The molecule has 0 unspecified atom stereocenters. The van der Waals surface area contributed by atoms with Crippen LogP contribution in [0, 0.1) is 6.92 Å². The maximum Gasteiger partial charge on any atom is 0.0714 e. The van der Waals surface area contributed by atoms with Gasteiger partial charge in [-0.25, -0.2) is 0 Å². The van der Waals surface area contributed by atoms with E-state index in [4.69, 9.17) is 0 Å². The molecule has 1 aliphatic rings. The summed E-state index contributed by atoms with van der Waals surface area (Å²) in [5.41, 5.74) is 11.9. The Morgan fingerprint density at radius 3 is 1.95 bits per heavy atom. The second kappa shape index (κ2) is 10.1. The van der Waals surface area contributed by atoms with Gasteiger partial charge in [-0.2, -0.15) is 0 Å². The molecule has 5 aromatic carbocycles. The van der Waals surface area contributed by atoms with Crippen LogP contribution in [0.4, 0.5) is 0 Å². The van der Waals surface area contributed by atoms with Crippen molar-refractivity contribution in [2.75, 3.05) is 0 Å². The van der Waals surface area contributed by atoms with Crippen molar-refractivity contribution in [3.8, 4) is 11.1 Å². The molecule has 0 saturated heterocycles. The first-order chi connectivity index (χ1) is 18.7. The summed E-state index contributed by atoms with van der Waals surface area (Å²) in [6, 6.07) is 41.0. The zero-order valence-corrected chi connectivity index (χ0v) is 22.8. The molecular formula is C38H36. The quantitative estimate of drug-likeness (QED) is 0.194. The van der Waals surface area contributed by atoms with Crippen molar-refractivity contribution in [1.82, 2.24) is 0 Å². The van der Waals surface area contributed by atoms with E-state index >= 15 is 0 Å². The molecule has 5 aromatic rings. The number of rotatable bonds is 7. The fourth-order valence-electron chi connectivity index (χ4n) is 6.75. The molecule has 0 nitrogen and oxygen atoms in total. The summed E-state index contributed by atoms with van der Waals surface area (Å²) in [5.74, 6) is 0. The Balaban J connectivity index is 1.73. The van der Waals surface area contributed by atoms with E-state index in [0.29, 0.717) is 0 Å². The second-order valence-corrected chi connectivity index (χ2v) is 10.7. The average molecular weight is 493 g/mol. The highest BCUT2D eigenvalue weighted by molar-refractivity contribution is 6.05. The summed E-state index contributed by atoms with van der Waals surface area (Å²) in [7, 11) is 0. The van der Waals surface area contributed by atoms with Gasteiger partial charge in [0.05, 0.1) is 5.41 Å². The van der Waals surface area contributed by atoms with Crippen LogP contribution in [0.5, 0.6) is 0 Å². The molecule has 0 saturated carbocycles. The lowest BCUT2D eigenvalue weighted by atomic mass is 9.67. The molecule has 0 radical (unpaired) electrons. The highest BCUT2D eigenvalue weighted by atomic mass is 14.5. The minimum atomic E-state index is -0.375. The fourth-order valence-corrected chi connectivity index (χ4v) is 6.75. The number of allylic oxidation sites excluding steroid dienone is 2. The van der Waals surface area contributed by atoms with E-state index < -0.39 is 0 Å². The van der Waals surface area contributed by atoms with Crippen LogP contribution in [-0.2, 0) is 5.41 Å². The van der Waals surface area contributed by atoms with Crippen molar-refractivity contribution in [2.24, 2.45) is 0 Å². The number of hydrogen-bond donors (Lipinski definition) is 0. The van der Waals surface area contributed by atoms with Crippen LogP contribution in [0.1, 0.15) is 72.9 Å². The van der Waals surface area contributed by atoms with E-state index in [1.165, 1.54) is 80.1 Å². The molecular weight excluding hydrogens is 456 g/mol. The second-order valence-electron chi connectivity index (χ2n) is 10.7. The molecule has 0 heterocycles. The van der Waals surface area contributed by atoms with Gasteiger partial charge >= 0.3 is 0 Å². The van der Waals surface area contributed by atoms with E-state index in [2.05, 4.69) is 136 Å². The number of aryl methyl sites for hydroxylation is 1. The zero-order chi connectivity index (χ0) is 26.1. The average Bonchev–Trinajstić information content (AvgIpc) is 3.26. The van der Waals surface area contributed by atoms with Crippen molar-refractivity contribution in [1.29, 1.82) is 0 Å². The fraction of sp³-hybridized carbons (Fsp3) is 0.211. The number of hydrogen-bond acceptors (Lipinski definition) is 0. The van der Waals surface area contributed by atoms with Crippen LogP contribution in [0.15, 0.2) is 115 Å². The molecule has 0 N–H and O–H groups in total. The number of benzene rings is 5. The van der Waals surface area contributed by atoms with Gasteiger partial charge in [0.25, 0.3) is 0 Å². The van der Waals surface area contributed by atoms with Gasteiger partial charge in [-0.15, -0.1) is 0 Å². The lowest BCUT2D eigenvalue weighted by Gasteiger charge is -2.34. The standard InChI is InChI=1S/C38H36/c1-4-6-9-16-28(5-2)29-23-24-34-35(26-29)38(30-17-10-7-11-18-30,31-19-12-8-13-20-31)36-25-27(3)32-21-14-15-22-33(32)37(34)36/h5,7-8,10-15,17-26H,4,6,9,16H2,1-3H3. The minimum Gasteiger partial charge on any atom is -0.0838 e. The van der Waals surface area contributed by atoms with Crippen LogP contribution < -0.4 is 0 Å². The highest BCUT2D eigenvalue weighted by Gasteiger charge is 2.47. The summed E-state index contributed by atoms with van der Waals surface area (Å²) in [6.07, 6.45) is 7.21. The van der Waals surface area contributed by atoms with Gasteiger partial charge in [0, 0.05) is 0 Å². The van der Waals surface area contributed by atoms with Crippen LogP contribution in [-0.4, -0.2) is 0 Å². The van der Waals surface area contributed by atoms with Gasteiger partial charge in [-0.1, -0.05) is 129 Å². The first-order valence-electron chi connectivity index (χ1n) is 14.1. The maximum atomic E-state index is 2.51. The molecule has 0 heteroatoms. The van der Waals surface area contributed by atoms with Gasteiger partial charge in [0.15, 0.2) is 0 Å². The van der Waals surface area contributed by atoms with Crippen molar-refractivity contribution < 1.29 is 0 Å². The molecule has 0 aromatic heterocycles. The Labute approximate surface area is 227 Å².